The molecule has 1 aliphatic heterocycles. The molecule has 6 nitrogen and oxygen atoms in total. The molecule has 1 aromatic carbocycles. The molecule has 0 saturated carbocycles. The van der Waals surface area contributed by atoms with Crippen LogP contribution in [0, 0.1) is 17.6 Å². The third kappa shape index (κ3) is 4.60. The molecule has 1 aliphatic rings. The van der Waals surface area contributed by atoms with Crippen LogP contribution in [0.4, 0.5) is 8.78 Å². The number of primary amides is 1. The van der Waals surface area contributed by atoms with Crippen molar-refractivity contribution < 1.29 is 18.1 Å². The average molecular weight is 350 g/mol. The fraction of sp³-hybridized carbons (Fsp3) is 0.471. The van der Waals surface area contributed by atoms with Crippen LogP contribution in [0.1, 0.15) is 41.3 Å². The third-order valence-corrected chi connectivity index (χ3v) is 4.48. The second-order valence-electron chi connectivity index (χ2n) is 6.41. The van der Waals surface area contributed by atoms with Crippen LogP contribution >= 0.6 is 0 Å². The number of nitrogens with two attached hydrogens (primary N) is 1. The smallest absolute Gasteiger partial charge is 0.290 e. The zero-order chi connectivity index (χ0) is 17.8. The molecular formula is C17H20F2N4O2. The number of carbonyl (C=O) groups excluding carboxylic acids is 1. The van der Waals surface area contributed by atoms with Gasteiger partial charge < -0.3 is 10.3 Å². The molecule has 1 aromatic heterocycles. The molecule has 8 heteroatoms. The molecule has 25 heavy (non-hydrogen) atoms. The van der Waals surface area contributed by atoms with Crippen LogP contribution in [-0.2, 0) is 13.0 Å². The minimum atomic E-state index is -0.817. The van der Waals surface area contributed by atoms with Gasteiger partial charge >= 0.3 is 0 Å². The van der Waals surface area contributed by atoms with Gasteiger partial charge in [-0.25, -0.2) is 8.78 Å². The van der Waals surface area contributed by atoms with E-state index in [-0.39, 0.29) is 5.82 Å². The monoisotopic (exact) mass is 350 g/mol. The second kappa shape index (κ2) is 7.69. The van der Waals surface area contributed by atoms with E-state index in [0.29, 0.717) is 24.8 Å². The minimum absolute atomic E-state index is 0.109. The molecule has 2 heterocycles. The highest BCUT2D eigenvalue weighted by atomic mass is 19.2. The van der Waals surface area contributed by atoms with Gasteiger partial charge in [0.2, 0.25) is 5.89 Å². The van der Waals surface area contributed by atoms with E-state index in [9.17, 15) is 13.6 Å². The summed E-state index contributed by atoms with van der Waals surface area (Å²) in [7, 11) is 0. The zero-order valence-corrected chi connectivity index (χ0v) is 13.8. The molecule has 0 radical (unpaired) electrons. The maximum absolute atomic E-state index is 13.3. The number of carbonyl (C=O) groups is 1. The van der Waals surface area contributed by atoms with Crippen molar-refractivity contribution in [2.24, 2.45) is 11.7 Å². The number of benzene rings is 1. The number of amides is 1. The van der Waals surface area contributed by atoms with E-state index in [0.717, 1.165) is 37.9 Å². The van der Waals surface area contributed by atoms with E-state index in [2.05, 4.69) is 15.0 Å². The van der Waals surface area contributed by atoms with E-state index in [1.54, 1.807) is 6.07 Å². The lowest BCUT2D eigenvalue weighted by molar-refractivity contribution is 0.0987. The fourth-order valence-corrected chi connectivity index (χ4v) is 3.21. The number of rotatable bonds is 6. The Kier molecular flexibility index (Phi) is 5.37. The van der Waals surface area contributed by atoms with Gasteiger partial charge in [-0.1, -0.05) is 11.2 Å². The summed E-state index contributed by atoms with van der Waals surface area (Å²) in [5.41, 5.74) is 5.91. The molecule has 134 valence electrons. The summed E-state index contributed by atoms with van der Waals surface area (Å²) >= 11 is 0. The van der Waals surface area contributed by atoms with Crippen molar-refractivity contribution in [2.45, 2.75) is 32.2 Å². The van der Waals surface area contributed by atoms with Crippen LogP contribution in [-0.4, -0.2) is 34.0 Å². The van der Waals surface area contributed by atoms with Crippen LogP contribution in [0.15, 0.2) is 22.7 Å². The Labute approximate surface area is 144 Å². The molecule has 0 bridgehead atoms. The maximum Gasteiger partial charge on any atom is 0.290 e. The lowest BCUT2D eigenvalue weighted by Gasteiger charge is -2.31. The maximum atomic E-state index is 13.3. The van der Waals surface area contributed by atoms with E-state index in [1.807, 2.05) is 0 Å². The van der Waals surface area contributed by atoms with Crippen LogP contribution in [0.2, 0.25) is 0 Å². The van der Waals surface area contributed by atoms with Crippen molar-refractivity contribution >= 4 is 5.91 Å². The predicted octanol–water partition coefficient (Wildman–Crippen LogP) is 2.29. The highest BCUT2D eigenvalue weighted by Crippen LogP contribution is 2.23. The number of aryl methyl sites for hydroxylation is 1. The van der Waals surface area contributed by atoms with Crippen molar-refractivity contribution in [3.63, 3.8) is 0 Å². The van der Waals surface area contributed by atoms with Crippen molar-refractivity contribution in [3.05, 3.63) is 47.1 Å². The van der Waals surface area contributed by atoms with Crippen molar-refractivity contribution in [2.75, 3.05) is 13.1 Å². The molecule has 0 spiro atoms. The molecule has 1 atom stereocenters. The number of hydrogen-bond donors (Lipinski definition) is 1. The number of halogens is 2. The first-order valence-electron chi connectivity index (χ1n) is 8.30. The Hall–Kier alpha value is -2.35. The van der Waals surface area contributed by atoms with Crippen LogP contribution in [0.5, 0.6) is 0 Å². The van der Waals surface area contributed by atoms with Gasteiger partial charge in [-0.3, -0.25) is 9.69 Å². The van der Waals surface area contributed by atoms with Gasteiger partial charge in [0.05, 0.1) is 6.54 Å². The topological polar surface area (TPSA) is 85.2 Å². The first-order valence-corrected chi connectivity index (χ1v) is 8.30. The van der Waals surface area contributed by atoms with E-state index < -0.39 is 17.5 Å². The Balaban J connectivity index is 1.51. The fourth-order valence-electron chi connectivity index (χ4n) is 3.21. The predicted molar refractivity (Wildman–Crippen MR) is 85.5 cm³/mol. The van der Waals surface area contributed by atoms with E-state index >= 15 is 0 Å². The molecule has 2 aromatic rings. The van der Waals surface area contributed by atoms with Gasteiger partial charge in [-0.15, -0.1) is 0 Å². The Bertz CT molecular complexity index is 750. The summed E-state index contributed by atoms with van der Waals surface area (Å²) in [5, 5.41) is 3.54. The summed E-state index contributed by atoms with van der Waals surface area (Å²) < 4.78 is 31.3. The third-order valence-electron chi connectivity index (χ3n) is 4.48. The first kappa shape index (κ1) is 17.5. The van der Waals surface area contributed by atoms with Crippen LogP contribution in [0.25, 0.3) is 0 Å². The number of aromatic nitrogens is 2. The Morgan fingerprint density at radius 3 is 2.92 bits per heavy atom. The van der Waals surface area contributed by atoms with E-state index in [4.69, 9.17) is 10.3 Å². The highest BCUT2D eigenvalue weighted by molar-refractivity contribution is 5.88. The summed E-state index contributed by atoms with van der Waals surface area (Å²) in [5.74, 6) is -1.61. The first-order chi connectivity index (χ1) is 12.0. The van der Waals surface area contributed by atoms with Crippen LogP contribution in [0.3, 0.4) is 0 Å². The lowest BCUT2D eigenvalue weighted by Crippen LogP contribution is -2.35. The van der Waals surface area contributed by atoms with Gasteiger partial charge in [0, 0.05) is 6.54 Å². The van der Waals surface area contributed by atoms with Crippen molar-refractivity contribution in [1.29, 1.82) is 0 Å². The average Bonchev–Trinajstić information content (AvgIpc) is 3.05. The lowest BCUT2D eigenvalue weighted by atomic mass is 9.91. The molecule has 1 amide bonds. The van der Waals surface area contributed by atoms with E-state index in [1.165, 1.54) is 12.1 Å². The SMILES string of the molecule is NC(=O)c1noc(CN2CCCC(CCc3ccc(F)c(F)c3)C2)n1. The summed E-state index contributed by atoms with van der Waals surface area (Å²) in [6.45, 7) is 2.25. The molecule has 0 aliphatic carbocycles. The molecule has 3 rings (SSSR count). The van der Waals surface area contributed by atoms with Gasteiger partial charge in [-0.05, 0) is 55.8 Å². The highest BCUT2D eigenvalue weighted by Gasteiger charge is 2.22. The van der Waals surface area contributed by atoms with Gasteiger partial charge in [0.1, 0.15) is 0 Å². The molecule has 2 N–H and O–H groups in total. The standard InChI is InChI=1S/C17H20F2N4O2/c18-13-6-5-11(8-14(13)19)3-4-12-2-1-7-23(9-12)10-15-21-17(16(20)24)22-25-15/h5-6,8,12H,1-4,7,9-10H2,(H2,20,24). The largest absolute Gasteiger partial charge is 0.363 e. The second-order valence-corrected chi connectivity index (χ2v) is 6.41. The van der Waals surface area contributed by atoms with Crippen LogP contribution < -0.4 is 5.73 Å². The summed E-state index contributed by atoms with van der Waals surface area (Å²) in [6.07, 6.45) is 3.75. The molecule has 1 fully saturated rings. The number of piperidine rings is 1. The Morgan fingerprint density at radius 2 is 2.20 bits per heavy atom. The van der Waals surface area contributed by atoms with Gasteiger partial charge in [0.25, 0.3) is 11.7 Å². The number of hydrogen-bond acceptors (Lipinski definition) is 5. The Morgan fingerprint density at radius 1 is 1.36 bits per heavy atom. The molecule has 1 unspecified atom stereocenters. The quantitative estimate of drug-likeness (QED) is 0.864. The normalized spacial score (nSPS) is 18.4. The minimum Gasteiger partial charge on any atom is -0.363 e. The van der Waals surface area contributed by atoms with Crippen molar-refractivity contribution in [1.82, 2.24) is 15.0 Å². The molecule has 1 saturated heterocycles. The van der Waals surface area contributed by atoms with Gasteiger partial charge in [-0.2, -0.15) is 4.98 Å². The summed E-state index contributed by atoms with van der Waals surface area (Å²) in [6, 6.07) is 4.06. The summed E-state index contributed by atoms with van der Waals surface area (Å²) in [4.78, 5) is 17.2. The zero-order valence-electron chi connectivity index (χ0n) is 13.8. The van der Waals surface area contributed by atoms with Crippen molar-refractivity contribution in [3.8, 4) is 0 Å². The molecular weight excluding hydrogens is 330 g/mol. The van der Waals surface area contributed by atoms with Gasteiger partial charge in [0.15, 0.2) is 11.6 Å². The number of likely N-dealkylation sites (tertiary alicyclic amines) is 1. The number of nitrogens with zero attached hydrogens (tertiary/aromatic N) is 3.